The molecule has 3 N–H and O–H groups in total. The molecule has 0 aliphatic heterocycles. The molecular weight excluding hydrogens is 436 g/mol. The van der Waals surface area contributed by atoms with Crippen LogP contribution in [0.3, 0.4) is 0 Å². The molecule has 2 amide bonds. The number of hydrogen-bond donors (Lipinski definition) is 2. The van der Waals surface area contributed by atoms with E-state index in [4.69, 9.17) is 15.2 Å². The molecule has 0 unspecified atom stereocenters. The van der Waals surface area contributed by atoms with E-state index in [9.17, 15) is 14.4 Å². The average Bonchev–Trinajstić information content (AvgIpc) is 3.20. The number of carbonyl (C=O) groups excluding carboxylic acids is 3. The van der Waals surface area contributed by atoms with E-state index < -0.39 is 24.4 Å². The van der Waals surface area contributed by atoms with E-state index in [0.29, 0.717) is 20.8 Å². The molecule has 7 nitrogen and oxygen atoms in total. The summed E-state index contributed by atoms with van der Waals surface area (Å²) in [7, 11) is 1.49. The Bertz CT molecular complexity index is 925. The monoisotopic (exact) mass is 452 g/mol. The smallest absolute Gasteiger partial charge is 0.339 e. The predicted molar refractivity (Wildman–Crippen MR) is 104 cm³/mol. The zero-order valence-corrected chi connectivity index (χ0v) is 16.9. The fraction of sp³-hybridized carbons (Fsp3) is 0.278. The minimum Gasteiger partial charge on any atom is -0.497 e. The molecule has 142 valence electrons. The van der Waals surface area contributed by atoms with Gasteiger partial charge in [0, 0.05) is 9.35 Å². The fourth-order valence-electron chi connectivity index (χ4n) is 2.91. The summed E-state index contributed by atoms with van der Waals surface area (Å²) >= 11 is 4.61. The Labute approximate surface area is 168 Å². The van der Waals surface area contributed by atoms with Crippen LogP contribution in [0.25, 0.3) is 0 Å². The van der Waals surface area contributed by atoms with Gasteiger partial charge in [-0.1, -0.05) is 0 Å². The first-order chi connectivity index (χ1) is 12.9. The van der Waals surface area contributed by atoms with Crippen molar-refractivity contribution >= 4 is 50.1 Å². The second-order valence-corrected chi connectivity index (χ2v) is 7.86. The van der Waals surface area contributed by atoms with Crippen molar-refractivity contribution in [2.75, 3.05) is 19.0 Å². The number of carbonyl (C=O) groups is 3. The molecule has 0 radical (unpaired) electrons. The third-order valence-electron chi connectivity index (χ3n) is 4.15. The number of halogens is 1. The average molecular weight is 453 g/mol. The van der Waals surface area contributed by atoms with Crippen LogP contribution in [0.2, 0.25) is 0 Å². The minimum absolute atomic E-state index is 0.245. The Kier molecular flexibility index (Phi) is 5.81. The molecule has 1 aromatic carbocycles. The highest BCUT2D eigenvalue weighted by Gasteiger charge is 2.26. The molecule has 1 aliphatic rings. The van der Waals surface area contributed by atoms with Crippen LogP contribution in [0.5, 0.6) is 5.75 Å². The number of nitrogens with two attached hydrogens (primary N) is 1. The molecule has 0 spiro atoms. The summed E-state index contributed by atoms with van der Waals surface area (Å²) in [6.07, 6.45) is 2.62. The number of amides is 2. The van der Waals surface area contributed by atoms with Crippen LogP contribution in [0.15, 0.2) is 22.7 Å². The van der Waals surface area contributed by atoms with Gasteiger partial charge in [-0.2, -0.15) is 0 Å². The summed E-state index contributed by atoms with van der Waals surface area (Å²) < 4.78 is 10.7. The number of benzene rings is 1. The second kappa shape index (κ2) is 8.10. The minimum atomic E-state index is -0.667. The van der Waals surface area contributed by atoms with Crippen LogP contribution in [0.1, 0.15) is 37.6 Å². The first-order valence-corrected chi connectivity index (χ1v) is 9.76. The van der Waals surface area contributed by atoms with Crippen LogP contribution in [-0.4, -0.2) is 31.5 Å². The summed E-state index contributed by atoms with van der Waals surface area (Å²) in [5.41, 5.74) is 6.99. The Morgan fingerprint density at radius 1 is 1.30 bits per heavy atom. The number of fused-ring (bicyclic) bond motifs is 1. The van der Waals surface area contributed by atoms with E-state index >= 15 is 0 Å². The predicted octanol–water partition coefficient (Wildman–Crippen LogP) is 2.90. The lowest BCUT2D eigenvalue weighted by atomic mass is 10.1. The van der Waals surface area contributed by atoms with Gasteiger partial charge in [-0.3, -0.25) is 9.59 Å². The quantitative estimate of drug-likeness (QED) is 0.654. The maximum absolute atomic E-state index is 12.2. The van der Waals surface area contributed by atoms with Crippen molar-refractivity contribution in [3.05, 3.63) is 44.2 Å². The van der Waals surface area contributed by atoms with Crippen molar-refractivity contribution in [3.8, 4) is 5.75 Å². The highest BCUT2D eigenvalue weighted by atomic mass is 79.9. The molecule has 0 bridgehead atoms. The topological polar surface area (TPSA) is 108 Å². The Morgan fingerprint density at radius 2 is 2.07 bits per heavy atom. The Balaban J connectivity index is 1.66. The third kappa shape index (κ3) is 4.14. The SMILES string of the molecule is COc1ccc(Br)c(C(=O)OCC(=O)Nc2sc3c(c2C(N)=O)CCC3)c1. The number of nitrogens with one attached hydrogen (secondary N) is 1. The van der Waals surface area contributed by atoms with Crippen LogP contribution in [0, 0.1) is 0 Å². The van der Waals surface area contributed by atoms with Crippen molar-refractivity contribution in [1.82, 2.24) is 0 Å². The summed E-state index contributed by atoms with van der Waals surface area (Å²) in [4.78, 5) is 37.2. The maximum Gasteiger partial charge on any atom is 0.339 e. The lowest BCUT2D eigenvalue weighted by Crippen LogP contribution is -2.22. The molecule has 9 heteroatoms. The van der Waals surface area contributed by atoms with Gasteiger partial charge in [0.2, 0.25) is 0 Å². The van der Waals surface area contributed by atoms with Gasteiger partial charge in [-0.15, -0.1) is 11.3 Å². The van der Waals surface area contributed by atoms with Gasteiger partial charge in [-0.25, -0.2) is 4.79 Å². The first kappa shape index (κ1) is 19.4. The van der Waals surface area contributed by atoms with Gasteiger partial charge in [0.15, 0.2) is 6.61 Å². The number of primary amides is 1. The van der Waals surface area contributed by atoms with Crippen molar-refractivity contribution in [3.63, 3.8) is 0 Å². The Morgan fingerprint density at radius 3 is 2.78 bits per heavy atom. The molecule has 0 fully saturated rings. The van der Waals surface area contributed by atoms with Crippen molar-refractivity contribution in [2.24, 2.45) is 5.73 Å². The lowest BCUT2D eigenvalue weighted by Gasteiger charge is -2.09. The zero-order chi connectivity index (χ0) is 19.6. The fourth-order valence-corrected chi connectivity index (χ4v) is 4.63. The lowest BCUT2D eigenvalue weighted by molar-refractivity contribution is -0.119. The first-order valence-electron chi connectivity index (χ1n) is 8.15. The number of methoxy groups -OCH3 is 1. The van der Waals surface area contributed by atoms with E-state index in [-0.39, 0.29) is 5.56 Å². The van der Waals surface area contributed by atoms with E-state index in [1.807, 2.05) is 0 Å². The molecule has 3 rings (SSSR count). The molecule has 1 aromatic heterocycles. The molecule has 1 heterocycles. The van der Waals surface area contributed by atoms with E-state index in [2.05, 4.69) is 21.2 Å². The van der Waals surface area contributed by atoms with Gasteiger partial charge < -0.3 is 20.5 Å². The number of anilines is 1. The number of thiophene rings is 1. The number of hydrogen-bond acceptors (Lipinski definition) is 6. The summed E-state index contributed by atoms with van der Waals surface area (Å²) in [5.74, 6) is -1.28. The highest BCUT2D eigenvalue weighted by molar-refractivity contribution is 9.10. The van der Waals surface area contributed by atoms with Crippen LogP contribution in [-0.2, 0) is 22.4 Å². The molecule has 0 saturated heterocycles. The second-order valence-electron chi connectivity index (χ2n) is 5.90. The van der Waals surface area contributed by atoms with Gasteiger partial charge in [0.05, 0.1) is 18.2 Å². The van der Waals surface area contributed by atoms with Crippen LogP contribution < -0.4 is 15.8 Å². The normalized spacial score (nSPS) is 12.4. The zero-order valence-electron chi connectivity index (χ0n) is 14.5. The largest absolute Gasteiger partial charge is 0.497 e. The molecule has 2 aromatic rings. The molecule has 27 heavy (non-hydrogen) atoms. The summed E-state index contributed by atoms with van der Waals surface area (Å²) in [6, 6.07) is 4.86. The van der Waals surface area contributed by atoms with Crippen molar-refractivity contribution < 1.29 is 23.9 Å². The number of ether oxygens (including phenoxy) is 2. The van der Waals surface area contributed by atoms with E-state index in [1.54, 1.807) is 12.1 Å². The van der Waals surface area contributed by atoms with Gasteiger partial charge in [0.1, 0.15) is 10.8 Å². The van der Waals surface area contributed by atoms with Gasteiger partial charge >= 0.3 is 5.97 Å². The van der Waals surface area contributed by atoms with Gasteiger partial charge in [-0.05, 0) is 59.0 Å². The number of esters is 1. The van der Waals surface area contributed by atoms with Gasteiger partial charge in [0.25, 0.3) is 11.8 Å². The third-order valence-corrected chi connectivity index (χ3v) is 6.05. The van der Waals surface area contributed by atoms with E-state index in [0.717, 1.165) is 29.7 Å². The van der Waals surface area contributed by atoms with Crippen LogP contribution >= 0.6 is 27.3 Å². The summed E-state index contributed by atoms with van der Waals surface area (Å²) in [6.45, 7) is -0.483. The number of rotatable bonds is 6. The Hall–Kier alpha value is -2.39. The summed E-state index contributed by atoms with van der Waals surface area (Å²) in [5, 5.41) is 3.04. The van der Waals surface area contributed by atoms with Crippen molar-refractivity contribution in [2.45, 2.75) is 19.3 Å². The molecule has 0 saturated carbocycles. The van der Waals surface area contributed by atoms with E-state index in [1.165, 1.54) is 24.5 Å². The maximum atomic E-state index is 12.2. The molecule has 0 atom stereocenters. The number of aryl methyl sites for hydroxylation is 1. The standard InChI is InChI=1S/C18H17BrN2O5S/c1-25-9-5-6-12(19)11(7-9)18(24)26-8-14(22)21-17-15(16(20)23)10-3-2-4-13(10)27-17/h5-7H,2-4,8H2,1H3,(H2,20,23)(H,21,22). The van der Waals surface area contributed by atoms with Crippen LogP contribution in [0.4, 0.5) is 5.00 Å². The highest BCUT2D eigenvalue weighted by Crippen LogP contribution is 2.38. The van der Waals surface area contributed by atoms with Crippen molar-refractivity contribution in [1.29, 1.82) is 0 Å². The molecule has 1 aliphatic carbocycles. The molecular formula is C18H17BrN2O5S.